The van der Waals surface area contributed by atoms with Gasteiger partial charge in [0, 0.05) is 121 Å². The van der Waals surface area contributed by atoms with E-state index >= 15 is 0 Å². The van der Waals surface area contributed by atoms with E-state index in [2.05, 4.69) is 62.4 Å². The second-order valence-electron chi connectivity index (χ2n) is 19.7. The van der Waals surface area contributed by atoms with Gasteiger partial charge in [-0.3, -0.25) is 33.7 Å². The van der Waals surface area contributed by atoms with Crippen LogP contribution in [-0.2, 0) is 43.9 Å². The Morgan fingerprint density at radius 2 is 1.53 bits per heavy atom. The van der Waals surface area contributed by atoms with Crippen molar-refractivity contribution in [3.8, 4) is 11.1 Å². The SMILES string of the molecule is CCCCNc1ncc2c(-c3ccc(CN4CCN(CCCC(=O)CCCCOCCCOCCCc5ccc6c(c5)n(C)c(=O)n6C5CCC(=O)NC5=O)CC4)cc3)cn(C3CCC(O)CC3)c2n1. The number of aryl methyl sites for hydroxylation is 2. The van der Waals surface area contributed by atoms with Crippen LogP contribution in [0.3, 0.4) is 0 Å². The van der Waals surface area contributed by atoms with Gasteiger partial charge in [-0.1, -0.05) is 43.7 Å². The maximum atomic E-state index is 13.0. The number of aromatic nitrogens is 5. The molecule has 1 unspecified atom stereocenters. The van der Waals surface area contributed by atoms with Gasteiger partial charge >= 0.3 is 5.69 Å². The summed E-state index contributed by atoms with van der Waals surface area (Å²) in [6, 6.07) is 14.5. The number of piperidine rings is 1. The number of rotatable bonds is 26. The number of hydrogen-bond donors (Lipinski definition) is 3. The van der Waals surface area contributed by atoms with E-state index in [0.717, 1.165) is 151 Å². The number of imide groups is 1. The first-order valence-electron chi connectivity index (χ1n) is 26.2. The molecule has 16 heteroatoms. The van der Waals surface area contributed by atoms with Crippen molar-refractivity contribution >= 4 is 45.6 Å². The molecule has 3 aliphatic rings. The second kappa shape index (κ2) is 25.2. The third-order valence-electron chi connectivity index (χ3n) is 14.5. The van der Waals surface area contributed by atoms with E-state index in [4.69, 9.17) is 19.4 Å². The van der Waals surface area contributed by atoms with Crippen LogP contribution in [0.4, 0.5) is 5.95 Å². The fourth-order valence-corrected chi connectivity index (χ4v) is 10.3. The van der Waals surface area contributed by atoms with Crippen molar-refractivity contribution in [3.05, 3.63) is 76.5 Å². The minimum Gasteiger partial charge on any atom is -0.393 e. The molecule has 5 aromatic rings. The van der Waals surface area contributed by atoms with Crippen molar-refractivity contribution in [1.82, 2.24) is 38.8 Å². The minimum atomic E-state index is -0.687. The van der Waals surface area contributed by atoms with Crippen LogP contribution in [-0.4, -0.2) is 128 Å². The van der Waals surface area contributed by atoms with Gasteiger partial charge in [0.25, 0.3) is 0 Å². The number of piperazine rings is 1. The van der Waals surface area contributed by atoms with Crippen LogP contribution < -0.4 is 16.3 Å². The van der Waals surface area contributed by atoms with E-state index in [-0.39, 0.29) is 24.1 Å². The van der Waals surface area contributed by atoms with E-state index in [9.17, 15) is 24.3 Å². The zero-order chi connectivity index (χ0) is 48.8. The van der Waals surface area contributed by atoms with Crippen LogP contribution in [0.2, 0.25) is 0 Å². The Morgan fingerprint density at radius 3 is 2.29 bits per heavy atom. The number of benzene rings is 2. The molecule has 1 saturated carbocycles. The van der Waals surface area contributed by atoms with Crippen molar-refractivity contribution in [1.29, 1.82) is 0 Å². The molecule has 3 aromatic heterocycles. The lowest BCUT2D eigenvalue weighted by Crippen LogP contribution is -2.46. The minimum absolute atomic E-state index is 0.203. The monoisotopic (exact) mass is 962 g/mol. The molecule has 0 radical (unpaired) electrons. The molecule has 378 valence electrons. The highest BCUT2D eigenvalue weighted by atomic mass is 16.5. The molecule has 3 N–H and O–H groups in total. The fraction of sp³-hybridized carbons (Fsp3) is 0.593. The number of nitrogens with zero attached hydrogens (tertiary/aromatic N) is 7. The maximum absolute atomic E-state index is 13.0. The van der Waals surface area contributed by atoms with Crippen molar-refractivity contribution in [2.45, 2.75) is 134 Å². The summed E-state index contributed by atoms with van der Waals surface area (Å²) < 4.78 is 17.1. The summed E-state index contributed by atoms with van der Waals surface area (Å²) in [5, 5.41) is 17.0. The Bertz CT molecular complexity index is 2570. The van der Waals surface area contributed by atoms with Crippen molar-refractivity contribution in [2.75, 3.05) is 71.0 Å². The third-order valence-corrected chi connectivity index (χ3v) is 14.5. The van der Waals surface area contributed by atoms with Crippen LogP contribution in [0.15, 0.2) is 59.7 Å². The second-order valence-corrected chi connectivity index (χ2v) is 19.7. The molecule has 2 aliphatic heterocycles. The average Bonchev–Trinajstić information content (AvgIpc) is 3.86. The summed E-state index contributed by atoms with van der Waals surface area (Å²) in [5.41, 5.74) is 6.88. The predicted octanol–water partition coefficient (Wildman–Crippen LogP) is 7.11. The van der Waals surface area contributed by atoms with Crippen molar-refractivity contribution in [2.24, 2.45) is 7.05 Å². The summed E-state index contributed by atoms with van der Waals surface area (Å²) in [4.78, 5) is 64.5. The van der Waals surface area contributed by atoms with Gasteiger partial charge in [0.1, 0.15) is 17.5 Å². The van der Waals surface area contributed by atoms with Crippen LogP contribution in [0, 0.1) is 0 Å². The van der Waals surface area contributed by atoms with Crippen molar-refractivity contribution in [3.63, 3.8) is 0 Å². The van der Waals surface area contributed by atoms with E-state index in [1.54, 1.807) is 11.6 Å². The van der Waals surface area contributed by atoms with Crippen LogP contribution >= 0.6 is 0 Å². The van der Waals surface area contributed by atoms with Gasteiger partial charge in [-0.15, -0.1) is 0 Å². The molecule has 16 nitrogen and oxygen atoms in total. The summed E-state index contributed by atoms with van der Waals surface area (Å²) in [7, 11) is 1.71. The topological polar surface area (TPSA) is 178 Å². The standard InChI is InChI=1S/C54H75N9O7/c1-3-4-25-55-53-56-36-45-46(38-62(51(45)58-53)42-18-20-44(65)21-19-42)41-16-13-40(14-17-41)37-61-29-27-60(28-30-61)26-7-12-43(64)11-5-6-31-69-33-9-34-70-32-8-10-39-15-22-47-49(35-39)59(2)54(68)63(47)48-23-24-50(66)57-52(48)67/h13-17,22,35-36,38,42,44,48,65H,3-12,18-21,23-34,37H2,1-2H3,(H,55,56,58)(H,57,66,67). The summed E-state index contributed by atoms with van der Waals surface area (Å²) in [6.45, 7) is 11.6. The number of ether oxygens (including phenoxy) is 2. The molecule has 5 heterocycles. The number of unbranched alkanes of at least 4 members (excludes halogenated alkanes) is 2. The van der Waals surface area contributed by atoms with E-state index < -0.39 is 11.9 Å². The molecule has 8 rings (SSSR count). The van der Waals surface area contributed by atoms with Gasteiger partial charge < -0.3 is 29.4 Å². The fourth-order valence-electron chi connectivity index (χ4n) is 10.3. The Kier molecular flexibility index (Phi) is 18.4. The van der Waals surface area contributed by atoms with Gasteiger partial charge in [0.2, 0.25) is 17.8 Å². The molecule has 2 amide bonds. The van der Waals surface area contributed by atoms with E-state index in [1.165, 1.54) is 15.7 Å². The summed E-state index contributed by atoms with van der Waals surface area (Å²) in [6.07, 6.45) is 16.7. The first-order chi connectivity index (χ1) is 34.1. The quantitative estimate of drug-likeness (QED) is 0.0379. The Balaban J connectivity index is 0.653. The van der Waals surface area contributed by atoms with Crippen molar-refractivity contribution < 1.29 is 29.0 Å². The lowest BCUT2D eigenvalue weighted by Gasteiger charge is -2.34. The highest BCUT2D eigenvalue weighted by Gasteiger charge is 2.31. The number of amides is 2. The van der Waals surface area contributed by atoms with Crippen LogP contribution in [0.25, 0.3) is 33.2 Å². The number of fused-ring (bicyclic) bond motifs is 2. The Morgan fingerprint density at radius 1 is 0.814 bits per heavy atom. The number of imidazole rings is 1. The average molecular weight is 962 g/mol. The number of nitrogens with one attached hydrogen (secondary N) is 2. The summed E-state index contributed by atoms with van der Waals surface area (Å²) >= 11 is 0. The molecule has 0 spiro atoms. The maximum Gasteiger partial charge on any atom is 0.329 e. The number of anilines is 1. The lowest BCUT2D eigenvalue weighted by molar-refractivity contribution is -0.135. The van der Waals surface area contributed by atoms with Gasteiger partial charge in [0.15, 0.2) is 0 Å². The number of carbonyl (C=O) groups is 3. The van der Waals surface area contributed by atoms with Gasteiger partial charge in [-0.05, 0) is 112 Å². The van der Waals surface area contributed by atoms with Crippen LogP contribution in [0.1, 0.15) is 126 Å². The number of ketones is 1. The summed E-state index contributed by atoms with van der Waals surface area (Å²) in [5.74, 6) is 0.291. The predicted molar refractivity (Wildman–Crippen MR) is 273 cm³/mol. The first-order valence-corrected chi connectivity index (χ1v) is 26.2. The molecular formula is C54H75N9O7. The number of aliphatic hydroxyl groups excluding tert-OH is 1. The number of hydrogen-bond acceptors (Lipinski definition) is 12. The smallest absolute Gasteiger partial charge is 0.329 e. The Labute approximate surface area is 412 Å². The Hall–Kier alpha value is -5.26. The molecule has 0 bridgehead atoms. The molecular weight excluding hydrogens is 887 g/mol. The van der Waals surface area contributed by atoms with Gasteiger partial charge in [-0.25, -0.2) is 9.78 Å². The highest BCUT2D eigenvalue weighted by molar-refractivity contribution is 6.00. The molecule has 1 aliphatic carbocycles. The van der Waals surface area contributed by atoms with Crippen LogP contribution in [0.5, 0.6) is 0 Å². The number of aliphatic hydroxyl groups is 1. The molecule has 70 heavy (non-hydrogen) atoms. The zero-order valence-corrected chi connectivity index (χ0v) is 41.5. The van der Waals surface area contributed by atoms with Gasteiger partial charge in [-0.2, -0.15) is 4.98 Å². The lowest BCUT2D eigenvalue weighted by atomic mass is 9.93. The van der Waals surface area contributed by atoms with Gasteiger partial charge in [0.05, 0.1) is 17.1 Å². The van der Waals surface area contributed by atoms with E-state index in [0.29, 0.717) is 69.0 Å². The number of carbonyl (C=O) groups excluding carboxylic acids is 3. The molecule has 2 saturated heterocycles. The normalized spacial score (nSPS) is 19.3. The number of Topliss-reactive ketones (excluding diaryl/α,β-unsaturated/α-hetero) is 1. The molecule has 3 fully saturated rings. The third kappa shape index (κ3) is 13.4. The zero-order valence-electron chi connectivity index (χ0n) is 41.5. The molecule has 1 atom stereocenters. The van der Waals surface area contributed by atoms with E-state index in [1.807, 2.05) is 24.4 Å². The largest absolute Gasteiger partial charge is 0.393 e. The molecule has 2 aromatic carbocycles. The first kappa shape index (κ1) is 51.1. The highest BCUT2D eigenvalue weighted by Crippen LogP contribution is 2.37.